The molecule has 1 aromatic rings. The second kappa shape index (κ2) is 18.1. The van der Waals surface area contributed by atoms with Gasteiger partial charge in [-0.1, -0.05) is 6.07 Å². The number of fused-ring (bicyclic) bond motifs is 1. The molecule has 1 unspecified atom stereocenters. The smallest absolute Gasteiger partial charge is 0.266 e. The topological polar surface area (TPSA) is 188 Å². The van der Waals surface area contributed by atoms with Crippen LogP contribution in [0.5, 0.6) is 5.75 Å². The number of aliphatic hydroxyl groups excluding tert-OH is 1. The fraction of sp³-hybridized carbons (Fsp3) is 0.593. The number of nitrogens with zero attached hydrogens (tertiary/aromatic N) is 1. The largest absolute Gasteiger partial charge is 0.483 e. The summed E-state index contributed by atoms with van der Waals surface area (Å²) in [4.78, 5) is 62.7. The standard InChI is InChI=1S/C27H37N3O12/c31-7-9-38-11-13-40-15-17-41-16-14-39-12-10-37-8-6-28-23(33)18-42-21-3-1-2-19-24(21)27(36)30(26(19)35)20-4-5-22(32)29-25(20)34/h1-3,20,31H,4-18H2,(H,28,33)(H,29,32,34). The molecule has 232 valence electrons. The first-order valence-corrected chi connectivity index (χ1v) is 13.7. The fourth-order valence-electron chi connectivity index (χ4n) is 4.11. The third-order valence-corrected chi connectivity index (χ3v) is 6.08. The molecule has 15 nitrogen and oxygen atoms in total. The second-order valence-corrected chi connectivity index (χ2v) is 9.05. The molecule has 0 radical (unpaired) electrons. The van der Waals surface area contributed by atoms with Crippen LogP contribution in [-0.4, -0.2) is 131 Å². The highest BCUT2D eigenvalue weighted by molar-refractivity contribution is 6.24. The van der Waals surface area contributed by atoms with E-state index in [0.29, 0.717) is 59.5 Å². The summed E-state index contributed by atoms with van der Waals surface area (Å²) in [5, 5.41) is 13.4. The van der Waals surface area contributed by atoms with Crippen LogP contribution in [0.1, 0.15) is 33.6 Å². The van der Waals surface area contributed by atoms with Crippen LogP contribution in [0.3, 0.4) is 0 Å². The van der Waals surface area contributed by atoms with Crippen LogP contribution in [0.15, 0.2) is 18.2 Å². The number of rotatable bonds is 21. The van der Waals surface area contributed by atoms with E-state index in [1.807, 2.05) is 0 Å². The molecule has 1 fully saturated rings. The maximum atomic E-state index is 13.1. The number of carbonyl (C=O) groups is 5. The van der Waals surface area contributed by atoms with Crippen LogP contribution >= 0.6 is 0 Å². The summed E-state index contributed by atoms with van der Waals surface area (Å²) < 4.78 is 32.1. The van der Waals surface area contributed by atoms with Gasteiger partial charge in [-0.05, 0) is 18.6 Å². The Morgan fingerprint density at radius 1 is 0.857 bits per heavy atom. The Balaban J connectivity index is 1.24. The molecule has 1 aromatic carbocycles. The molecule has 3 N–H and O–H groups in total. The van der Waals surface area contributed by atoms with Crippen molar-refractivity contribution in [3.63, 3.8) is 0 Å². The minimum absolute atomic E-state index is 0.00852. The summed E-state index contributed by atoms with van der Waals surface area (Å²) in [6, 6.07) is 3.33. The average Bonchev–Trinajstić information content (AvgIpc) is 3.23. The summed E-state index contributed by atoms with van der Waals surface area (Å²) in [5.74, 6) is -2.94. The lowest BCUT2D eigenvalue weighted by Gasteiger charge is -2.27. The van der Waals surface area contributed by atoms with Crippen molar-refractivity contribution in [1.29, 1.82) is 0 Å². The molecule has 0 aliphatic carbocycles. The van der Waals surface area contributed by atoms with E-state index in [1.54, 1.807) is 0 Å². The lowest BCUT2D eigenvalue weighted by Crippen LogP contribution is -2.54. The van der Waals surface area contributed by atoms with E-state index in [9.17, 15) is 24.0 Å². The molecule has 2 aliphatic rings. The molecular formula is C27H37N3O12. The quantitative estimate of drug-likeness (QED) is 0.112. The zero-order chi connectivity index (χ0) is 30.2. The van der Waals surface area contributed by atoms with E-state index in [0.717, 1.165) is 4.90 Å². The molecule has 1 atom stereocenters. The summed E-state index contributed by atoms with van der Waals surface area (Å²) in [7, 11) is 0. The summed E-state index contributed by atoms with van der Waals surface area (Å²) in [6.45, 7) is 3.62. The first-order valence-electron chi connectivity index (χ1n) is 13.7. The number of hydrogen-bond acceptors (Lipinski definition) is 12. The Hall–Kier alpha value is -3.47. The van der Waals surface area contributed by atoms with Crippen molar-refractivity contribution < 1.29 is 57.5 Å². The molecule has 42 heavy (non-hydrogen) atoms. The molecule has 0 saturated carbocycles. The van der Waals surface area contributed by atoms with Crippen molar-refractivity contribution in [2.45, 2.75) is 18.9 Å². The maximum absolute atomic E-state index is 13.1. The third-order valence-electron chi connectivity index (χ3n) is 6.08. The van der Waals surface area contributed by atoms with Gasteiger partial charge in [-0.25, -0.2) is 0 Å². The van der Waals surface area contributed by atoms with Crippen LogP contribution in [0.2, 0.25) is 0 Å². The van der Waals surface area contributed by atoms with E-state index in [1.165, 1.54) is 18.2 Å². The van der Waals surface area contributed by atoms with Crippen molar-refractivity contribution in [2.24, 2.45) is 0 Å². The first kappa shape index (κ1) is 33.0. The number of carbonyl (C=O) groups excluding carboxylic acids is 5. The van der Waals surface area contributed by atoms with Gasteiger partial charge >= 0.3 is 0 Å². The maximum Gasteiger partial charge on any atom is 0.266 e. The monoisotopic (exact) mass is 595 g/mol. The van der Waals surface area contributed by atoms with Gasteiger partial charge in [0.25, 0.3) is 17.7 Å². The summed E-state index contributed by atoms with van der Waals surface area (Å²) >= 11 is 0. The minimum Gasteiger partial charge on any atom is -0.483 e. The number of imide groups is 2. The Morgan fingerprint density at radius 3 is 2.05 bits per heavy atom. The van der Waals surface area contributed by atoms with Crippen molar-refractivity contribution >= 4 is 29.5 Å². The molecule has 15 heteroatoms. The number of amides is 5. The van der Waals surface area contributed by atoms with Gasteiger partial charge in [0, 0.05) is 13.0 Å². The highest BCUT2D eigenvalue weighted by atomic mass is 16.6. The van der Waals surface area contributed by atoms with Gasteiger partial charge in [-0.3, -0.25) is 34.2 Å². The van der Waals surface area contributed by atoms with Crippen LogP contribution < -0.4 is 15.4 Å². The number of benzene rings is 1. The number of nitrogens with one attached hydrogen (secondary N) is 2. The molecule has 2 heterocycles. The molecule has 5 amide bonds. The molecule has 0 bridgehead atoms. The average molecular weight is 596 g/mol. The Bertz CT molecular complexity index is 1080. The third kappa shape index (κ3) is 10.1. The van der Waals surface area contributed by atoms with E-state index in [-0.39, 0.29) is 49.5 Å². The molecule has 1 saturated heterocycles. The summed E-state index contributed by atoms with van der Waals surface area (Å²) in [6.07, 6.45) is 0.0546. The Labute approximate surface area is 242 Å². The fourth-order valence-corrected chi connectivity index (χ4v) is 4.11. The van der Waals surface area contributed by atoms with Gasteiger partial charge < -0.3 is 38.8 Å². The van der Waals surface area contributed by atoms with Crippen LogP contribution in [0, 0.1) is 0 Å². The molecule has 0 spiro atoms. The van der Waals surface area contributed by atoms with Crippen molar-refractivity contribution in [1.82, 2.24) is 15.5 Å². The van der Waals surface area contributed by atoms with Gasteiger partial charge in [-0.15, -0.1) is 0 Å². The van der Waals surface area contributed by atoms with E-state index >= 15 is 0 Å². The lowest BCUT2D eigenvalue weighted by atomic mass is 10.0. The predicted octanol–water partition coefficient (Wildman–Crippen LogP) is -1.34. The van der Waals surface area contributed by atoms with Crippen LogP contribution in [0.25, 0.3) is 0 Å². The van der Waals surface area contributed by atoms with Crippen LogP contribution in [-0.2, 0) is 38.1 Å². The number of ether oxygens (including phenoxy) is 6. The number of aliphatic hydroxyl groups is 1. The zero-order valence-electron chi connectivity index (χ0n) is 23.3. The van der Waals surface area contributed by atoms with Crippen molar-refractivity contribution in [2.75, 3.05) is 85.8 Å². The number of hydrogen-bond donors (Lipinski definition) is 3. The zero-order valence-corrected chi connectivity index (χ0v) is 23.3. The highest BCUT2D eigenvalue weighted by Gasteiger charge is 2.46. The summed E-state index contributed by atoms with van der Waals surface area (Å²) in [5.41, 5.74) is 0.0399. The minimum atomic E-state index is -1.09. The lowest BCUT2D eigenvalue weighted by molar-refractivity contribution is -0.136. The Morgan fingerprint density at radius 2 is 1.45 bits per heavy atom. The molecule has 2 aliphatic heterocycles. The van der Waals surface area contributed by atoms with Gasteiger partial charge in [0.05, 0.1) is 83.8 Å². The van der Waals surface area contributed by atoms with Gasteiger partial charge in [-0.2, -0.15) is 0 Å². The highest BCUT2D eigenvalue weighted by Crippen LogP contribution is 2.33. The number of piperidine rings is 1. The molecule has 0 aromatic heterocycles. The predicted molar refractivity (Wildman–Crippen MR) is 143 cm³/mol. The second-order valence-electron chi connectivity index (χ2n) is 9.05. The van der Waals surface area contributed by atoms with E-state index < -0.39 is 42.2 Å². The molecule has 3 rings (SSSR count). The molecular weight excluding hydrogens is 558 g/mol. The SMILES string of the molecule is O=C(COc1cccc2c1C(=O)N(C1CCC(=O)NC1=O)C2=O)NCCOCCOCCOCCOCCOCCO. The van der Waals surface area contributed by atoms with Crippen LogP contribution in [0.4, 0.5) is 0 Å². The van der Waals surface area contributed by atoms with Gasteiger partial charge in [0.2, 0.25) is 11.8 Å². The van der Waals surface area contributed by atoms with Crippen molar-refractivity contribution in [3.05, 3.63) is 29.3 Å². The van der Waals surface area contributed by atoms with Gasteiger partial charge in [0.15, 0.2) is 6.61 Å². The van der Waals surface area contributed by atoms with E-state index in [2.05, 4.69) is 10.6 Å². The van der Waals surface area contributed by atoms with Crippen molar-refractivity contribution in [3.8, 4) is 5.75 Å². The Kier molecular flexibility index (Phi) is 14.3. The van der Waals surface area contributed by atoms with E-state index in [4.69, 9.17) is 33.5 Å². The van der Waals surface area contributed by atoms with Gasteiger partial charge in [0.1, 0.15) is 11.8 Å². The first-order chi connectivity index (χ1) is 20.4. The normalized spacial score (nSPS) is 16.5.